The van der Waals surface area contributed by atoms with Gasteiger partial charge in [0.05, 0.1) is 25.8 Å². The molecule has 44 heavy (non-hydrogen) atoms. The number of benzene rings is 3. The van der Waals surface area contributed by atoms with Crippen molar-refractivity contribution >= 4 is 35.2 Å². The summed E-state index contributed by atoms with van der Waals surface area (Å²) in [5, 5.41) is 7.76. The first-order valence-electron chi connectivity index (χ1n) is 14.0. The standard InChI is InChI=1S/C32H36F2N4O6/c1-21(2)11-12-38(30(40)19-36-32(42)37-26-8-6-7-22(15-26)16-31(41)43-3)27-9-4-5-10-28(27)44-20-29(39)35-18-23-13-24(33)17-25(34)14-23/h4-10,13-15,17,21H,11-12,16,18-20H2,1-3H3,(H,35,39)(H2,36,37,42). The molecule has 0 radical (unpaired) electrons. The van der Waals surface area contributed by atoms with Crippen molar-refractivity contribution in [3.05, 3.63) is 89.5 Å². The summed E-state index contributed by atoms with van der Waals surface area (Å²) >= 11 is 0. The molecule has 0 aromatic heterocycles. The van der Waals surface area contributed by atoms with Crippen LogP contribution < -0.4 is 25.6 Å². The Morgan fingerprint density at radius 1 is 0.886 bits per heavy atom. The molecule has 0 bridgehead atoms. The predicted molar refractivity (Wildman–Crippen MR) is 161 cm³/mol. The summed E-state index contributed by atoms with van der Waals surface area (Å²) < 4.78 is 37.3. The molecule has 3 aromatic carbocycles. The van der Waals surface area contributed by atoms with Crippen molar-refractivity contribution in [3.8, 4) is 5.75 Å². The van der Waals surface area contributed by atoms with Crippen LogP contribution in [0.1, 0.15) is 31.4 Å². The van der Waals surface area contributed by atoms with E-state index in [1.54, 1.807) is 48.5 Å². The van der Waals surface area contributed by atoms with Crippen LogP contribution in [-0.2, 0) is 32.1 Å². The van der Waals surface area contributed by atoms with Crippen molar-refractivity contribution < 1.29 is 37.4 Å². The van der Waals surface area contributed by atoms with Crippen molar-refractivity contribution in [3.63, 3.8) is 0 Å². The number of esters is 1. The number of para-hydroxylation sites is 2. The zero-order valence-corrected chi connectivity index (χ0v) is 24.8. The number of urea groups is 1. The van der Waals surface area contributed by atoms with Crippen LogP contribution in [-0.4, -0.2) is 50.6 Å². The molecule has 3 rings (SSSR count). The topological polar surface area (TPSA) is 126 Å². The monoisotopic (exact) mass is 610 g/mol. The first kappa shape index (κ1) is 33.5. The Morgan fingerprint density at radius 3 is 2.32 bits per heavy atom. The number of hydrogen-bond donors (Lipinski definition) is 3. The number of halogens is 2. The molecule has 0 heterocycles. The molecule has 0 spiro atoms. The quantitative estimate of drug-likeness (QED) is 0.230. The van der Waals surface area contributed by atoms with E-state index in [9.17, 15) is 28.0 Å². The minimum Gasteiger partial charge on any atom is -0.482 e. The third-order valence-corrected chi connectivity index (χ3v) is 6.32. The second-order valence-corrected chi connectivity index (χ2v) is 10.3. The van der Waals surface area contributed by atoms with Crippen LogP contribution in [0.4, 0.5) is 25.0 Å². The third kappa shape index (κ3) is 11.0. The number of nitrogens with one attached hydrogen (secondary N) is 3. The summed E-state index contributed by atoms with van der Waals surface area (Å²) in [4.78, 5) is 51.4. The van der Waals surface area contributed by atoms with Crippen LogP contribution in [0.5, 0.6) is 5.75 Å². The Balaban J connectivity index is 1.62. The SMILES string of the molecule is COC(=O)Cc1cccc(NC(=O)NCC(=O)N(CCC(C)C)c2ccccc2OCC(=O)NCc2cc(F)cc(F)c2)c1. The molecule has 0 unspecified atom stereocenters. The van der Waals surface area contributed by atoms with Gasteiger partial charge in [-0.3, -0.25) is 14.4 Å². The number of methoxy groups -OCH3 is 1. The fourth-order valence-electron chi connectivity index (χ4n) is 4.10. The summed E-state index contributed by atoms with van der Waals surface area (Å²) in [6, 6.07) is 15.8. The Bertz CT molecular complexity index is 1450. The van der Waals surface area contributed by atoms with Crippen LogP contribution >= 0.6 is 0 Å². The second-order valence-electron chi connectivity index (χ2n) is 10.3. The van der Waals surface area contributed by atoms with Gasteiger partial charge in [-0.25, -0.2) is 13.6 Å². The van der Waals surface area contributed by atoms with E-state index in [1.165, 1.54) is 12.0 Å². The molecule has 0 aliphatic heterocycles. The van der Waals surface area contributed by atoms with Gasteiger partial charge in [-0.2, -0.15) is 0 Å². The van der Waals surface area contributed by atoms with Gasteiger partial charge in [-0.15, -0.1) is 0 Å². The summed E-state index contributed by atoms with van der Waals surface area (Å²) in [5.41, 5.74) is 1.76. The molecular weight excluding hydrogens is 574 g/mol. The number of carbonyl (C=O) groups is 4. The average Bonchev–Trinajstić information content (AvgIpc) is 2.98. The van der Waals surface area contributed by atoms with Crippen LogP contribution in [0.15, 0.2) is 66.7 Å². The molecule has 0 atom stereocenters. The Labute approximate surface area is 254 Å². The zero-order valence-electron chi connectivity index (χ0n) is 24.8. The lowest BCUT2D eigenvalue weighted by molar-refractivity contribution is -0.139. The minimum absolute atomic E-state index is 0.0487. The maximum Gasteiger partial charge on any atom is 0.319 e. The van der Waals surface area contributed by atoms with Crippen molar-refractivity contribution in [2.24, 2.45) is 5.92 Å². The third-order valence-electron chi connectivity index (χ3n) is 6.32. The van der Waals surface area contributed by atoms with Crippen LogP contribution in [0, 0.1) is 17.6 Å². The number of nitrogens with zero attached hydrogens (tertiary/aromatic N) is 1. The van der Waals surface area contributed by atoms with Gasteiger partial charge in [-0.1, -0.05) is 38.1 Å². The molecule has 12 heteroatoms. The lowest BCUT2D eigenvalue weighted by atomic mass is 10.1. The number of carbonyl (C=O) groups excluding carboxylic acids is 4. The molecule has 0 fully saturated rings. The molecule has 234 valence electrons. The van der Waals surface area contributed by atoms with Crippen LogP contribution in [0.25, 0.3) is 0 Å². The van der Waals surface area contributed by atoms with Gasteiger partial charge in [0.1, 0.15) is 17.4 Å². The van der Waals surface area contributed by atoms with E-state index >= 15 is 0 Å². The number of rotatable bonds is 14. The largest absolute Gasteiger partial charge is 0.482 e. The van der Waals surface area contributed by atoms with E-state index < -0.39 is 42.1 Å². The summed E-state index contributed by atoms with van der Waals surface area (Å²) in [7, 11) is 1.29. The lowest BCUT2D eigenvalue weighted by Gasteiger charge is -2.26. The van der Waals surface area contributed by atoms with Crippen molar-refractivity contribution in [1.82, 2.24) is 10.6 Å². The Hall–Kier alpha value is -5.00. The number of anilines is 2. The van der Waals surface area contributed by atoms with Crippen molar-refractivity contribution in [2.45, 2.75) is 33.2 Å². The van der Waals surface area contributed by atoms with E-state index in [0.29, 0.717) is 29.9 Å². The van der Waals surface area contributed by atoms with E-state index in [-0.39, 0.29) is 36.7 Å². The van der Waals surface area contributed by atoms with Gasteiger partial charge < -0.3 is 30.3 Å². The number of amides is 4. The molecule has 0 aliphatic carbocycles. The average molecular weight is 611 g/mol. The van der Waals surface area contributed by atoms with Gasteiger partial charge >= 0.3 is 12.0 Å². The Kier molecular flexibility index (Phi) is 12.6. The molecular formula is C32H36F2N4O6. The fraction of sp³-hybridized carbons (Fsp3) is 0.312. The lowest BCUT2D eigenvalue weighted by Crippen LogP contribution is -2.42. The molecule has 3 N–H and O–H groups in total. The fourth-order valence-corrected chi connectivity index (χ4v) is 4.10. The van der Waals surface area contributed by atoms with Crippen LogP contribution in [0.2, 0.25) is 0 Å². The molecule has 3 aromatic rings. The normalized spacial score (nSPS) is 10.6. The smallest absolute Gasteiger partial charge is 0.319 e. The van der Waals surface area contributed by atoms with Crippen molar-refractivity contribution in [2.75, 3.05) is 37.0 Å². The number of ether oxygens (including phenoxy) is 2. The maximum absolute atomic E-state index is 13.4. The second kappa shape index (κ2) is 16.6. The molecule has 10 nitrogen and oxygen atoms in total. The number of hydrogen-bond acceptors (Lipinski definition) is 6. The first-order chi connectivity index (χ1) is 21.0. The highest BCUT2D eigenvalue weighted by molar-refractivity contribution is 5.99. The summed E-state index contributed by atoms with van der Waals surface area (Å²) in [5.74, 6) is -2.31. The van der Waals surface area contributed by atoms with Gasteiger partial charge in [0.2, 0.25) is 5.91 Å². The highest BCUT2D eigenvalue weighted by Gasteiger charge is 2.21. The van der Waals surface area contributed by atoms with E-state index in [1.807, 2.05) is 13.8 Å². The molecule has 0 saturated heterocycles. The molecule has 0 aliphatic rings. The summed E-state index contributed by atoms with van der Waals surface area (Å²) in [6.45, 7) is 3.52. The van der Waals surface area contributed by atoms with E-state index in [2.05, 4.69) is 20.7 Å². The van der Waals surface area contributed by atoms with Gasteiger partial charge in [0.15, 0.2) is 6.61 Å². The van der Waals surface area contributed by atoms with E-state index in [0.717, 1.165) is 18.2 Å². The van der Waals surface area contributed by atoms with Crippen molar-refractivity contribution in [1.29, 1.82) is 0 Å². The Morgan fingerprint density at radius 2 is 1.61 bits per heavy atom. The van der Waals surface area contributed by atoms with Gasteiger partial charge in [-0.05, 0) is 59.9 Å². The van der Waals surface area contributed by atoms with Gasteiger partial charge in [0.25, 0.3) is 5.91 Å². The molecule has 0 saturated carbocycles. The van der Waals surface area contributed by atoms with Crippen LogP contribution in [0.3, 0.4) is 0 Å². The predicted octanol–water partition coefficient (Wildman–Crippen LogP) is 4.58. The maximum atomic E-state index is 13.4. The summed E-state index contributed by atoms with van der Waals surface area (Å²) in [6.07, 6.45) is 0.705. The van der Waals surface area contributed by atoms with E-state index in [4.69, 9.17) is 4.74 Å². The highest BCUT2D eigenvalue weighted by atomic mass is 19.1. The van der Waals surface area contributed by atoms with Gasteiger partial charge in [0, 0.05) is 24.8 Å². The minimum atomic E-state index is -0.748. The molecule has 4 amide bonds. The first-order valence-corrected chi connectivity index (χ1v) is 14.0. The zero-order chi connectivity index (χ0) is 32.1. The highest BCUT2D eigenvalue weighted by Crippen LogP contribution is 2.29.